The maximum atomic E-state index is 5.76. The third kappa shape index (κ3) is 3.81. The smallest absolute Gasteiger partial charge is 0.148 e. The molecule has 2 rings (SSSR count). The molecule has 0 aliphatic heterocycles. The van der Waals surface area contributed by atoms with Crippen molar-refractivity contribution in [1.29, 1.82) is 0 Å². The van der Waals surface area contributed by atoms with Crippen molar-refractivity contribution in [3.63, 3.8) is 0 Å². The Kier molecular flexibility index (Phi) is 5.01. The predicted molar refractivity (Wildman–Crippen MR) is 80.2 cm³/mol. The third-order valence-corrected chi connectivity index (χ3v) is 3.66. The van der Waals surface area contributed by atoms with Gasteiger partial charge in [0.1, 0.15) is 23.8 Å². The maximum absolute atomic E-state index is 5.76. The van der Waals surface area contributed by atoms with Crippen LogP contribution in [0.2, 0.25) is 0 Å². The number of ether oxygens (including phenoxy) is 1. The lowest BCUT2D eigenvalue weighted by atomic mass is 10.2. The van der Waals surface area contributed by atoms with Gasteiger partial charge in [0.15, 0.2) is 0 Å². The van der Waals surface area contributed by atoms with Gasteiger partial charge < -0.3 is 14.6 Å². The summed E-state index contributed by atoms with van der Waals surface area (Å²) in [5.74, 6) is 1.54. The van der Waals surface area contributed by atoms with E-state index < -0.39 is 0 Å². The van der Waals surface area contributed by atoms with Crippen LogP contribution < -0.4 is 10.1 Å². The largest absolute Gasteiger partial charge is 0.485 e. The molecule has 1 aromatic carbocycles. The zero-order chi connectivity index (χ0) is 13.8. The van der Waals surface area contributed by atoms with E-state index in [0.29, 0.717) is 6.61 Å². The van der Waals surface area contributed by atoms with E-state index in [9.17, 15) is 0 Å². The van der Waals surface area contributed by atoms with Crippen molar-refractivity contribution >= 4 is 31.9 Å². The molecule has 6 heteroatoms. The summed E-state index contributed by atoms with van der Waals surface area (Å²) < 4.78 is 12.6. The minimum Gasteiger partial charge on any atom is -0.485 e. The number of aromatic nitrogens is 1. The van der Waals surface area contributed by atoms with Crippen molar-refractivity contribution in [2.45, 2.75) is 20.1 Å². The van der Waals surface area contributed by atoms with Gasteiger partial charge in [-0.15, -0.1) is 0 Å². The topological polar surface area (TPSA) is 47.3 Å². The van der Waals surface area contributed by atoms with Crippen LogP contribution in [-0.4, -0.2) is 12.2 Å². The number of aryl methyl sites for hydroxylation is 1. The van der Waals surface area contributed by atoms with Crippen molar-refractivity contribution in [3.05, 3.63) is 44.2 Å². The molecule has 102 valence electrons. The summed E-state index contributed by atoms with van der Waals surface area (Å²) in [6.07, 6.45) is 0. The van der Waals surface area contributed by atoms with Crippen LogP contribution in [0.3, 0.4) is 0 Å². The SMILES string of the molecule is CNCc1cc(Br)c(OCc2cc(C)on2)c(Br)c1. The van der Waals surface area contributed by atoms with E-state index in [2.05, 4.69) is 42.3 Å². The second kappa shape index (κ2) is 6.54. The lowest BCUT2D eigenvalue weighted by Crippen LogP contribution is -2.05. The van der Waals surface area contributed by atoms with Gasteiger partial charge in [0, 0.05) is 12.6 Å². The summed E-state index contributed by atoms with van der Waals surface area (Å²) in [4.78, 5) is 0. The number of hydrogen-bond acceptors (Lipinski definition) is 4. The highest BCUT2D eigenvalue weighted by molar-refractivity contribution is 9.11. The molecule has 0 fully saturated rings. The fourth-order valence-corrected chi connectivity index (χ4v) is 3.20. The Bertz CT molecular complexity index is 547. The standard InChI is InChI=1S/C13H14Br2N2O2/c1-8-3-10(17-19-8)7-18-13-11(14)4-9(6-16-2)5-12(13)15/h3-5,16H,6-7H2,1-2H3. The molecule has 4 nitrogen and oxygen atoms in total. The molecule has 0 radical (unpaired) electrons. The molecule has 0 unspecified atom stereocenters. The molecule has 0 saturated heterocycles. The van der Waals surface area contributed by atoms with Gasteiger partial charge in [0.2, 0.25) is 0 Å². The van der Waals surface area contributed by atoms with E-state index in [1.54, 1.807) is 0 Å². The van der Waals surface area contributed by atoms with E-state index >= 15 is 0 Å². The van der Waals surface area contributed by atoms with Gasteiger partial charge in [-0.3, -0.25) is 0 Å². The van der Waals surface area contributed by atoms with Crippen molar-refractivity contribution in [2.24, 2.45) is 0 Å². The average Bonchev–Trinajstić information content (AvgIpc) is 2.74. The molecule has 1 heterocycles. The summed E-state index contributed by atoms with van der Waals surface area (Å²) in [5, 5.41) is 7.01. The number of halogens is 2. The molecule has 0 amide bonds. The van der Waals surface area contributed by atoms with Crippen LogP contribution in [0, 0.1) is 6.92 Å². The van der Waals surface area contributed by atoms with E-state index in [1.165, 1.54) is 5.56 Å². The van der Waals surface area contributed by atoms with Gasteiger partial charge >= 0.3 is 0 Å². The van der Waals surface area contributed by atoms with Crippen molar-refractivity contribution in [3.8, 4) is 5.75 Å². The van der Waals surface area contributed by atoms with Gasteiger partial charge in [-0.2, -0.15) is 0 Å². The first-order valence-electron chi connectivity index (χ1n) is 5.77. The van der Waals surface area contributed by atoms with E-state index in [0.717, 1.165) is 32.7 Å². The van der Waals surface area contributed by atoms with Gasteiger partial charge in [-0.05, 0) is 63.5 Å². The maximum Gasteiger partial charge on any atom is 0.148 e. The molecule has 0 atom stereocenters. The van der Waals surface area contributed by atoms with Crippen LogP contribution in [0.5, 0.6) is 5.75 Å². The second-order valence-corrected chi connectivity index (χ2v) is 5.85. The molecule has 0 bridgehead atoms. The van der Waals surface area contributed by atoms with Crippen molar-refractivity contribution < 1.29 is 9.26 Å². The molecular formula is C13H14Br2N2O2. The number of nitrogens with zero attached hydrogens (tertiary/aromatic N) is 1. The van der Waals surface area contributed by atoms with Crippen LogP contribution in [0.1, 0.15) is 17.0 Å². The van der Waals surface area contributed by atoms with Crippen molar-refractivity contribution in [1.82, 2.24) is 10.5 Å². The fourth-order valence-electron chi connectivity index (χ4n) is 1.69. The van der Waals surface area contributed by atoms with Gasteiger partial charge in [0.05, 0.1) is 8.95 Å². The van der Waals surface area contributed by atoms with Crippen molar-refractivity contribution in [2.75, 3.05) is 7.05 Å². The van der Waals surface area contributed by atoms with Crippen LogP contribution in [-0.2, 0) is 13.2 Å². The molecule has 0 aliphatic rings. The molecule has 0 aliphatic carbocycles. The van der Waals surface area contributed by atoms with Crippen LogP contribution in [0.4, 0.5) is 0 Å². The molecule has 0 saturated carbocycles. The molecule has 0 spiro atoms. The Balaban J connectivity index is 2.11. The number of nitrogens with one attached hydrogen (secondary N) is 1. The summed E-state index contributed by atoms with van der Waals surface area (Å²) in [6, 6.07) is 5.92. The lowest BCUT2D eigenvalue weighted by Gasteiger charge is -2.11. The first-order chi connectivity index (χ1) is 9.10. The minimum atomic E-state index is 0.375. The third-order valence-electron chi connectivity index (χ3n) is 2.48. The molecular weight excluding hydrogens is 376 g/mol. The Labute approximate surface area is 128 Å². The number of hydrogen-bond donors (Lipinski definition) is 1. The average molecular weight is 390 g/mol. The first kappa shape index (κ1) is 14.6. The monoisotopic (exact) mass is 388 g/mol. The summed E-state index contributed by atoms with van der Waals surface area (Å²) in [7, 11) is 1.92. The van der Waals surface area contributed by atoms with E-state index in [4.69, 9.17) is 9.26 Å². The Morgan fingerprint density at radius 1 is 1.26 bits per heavy atom. The number of rotatable bonds is 5. The molecule has 19 heavy (non-hydrogen) atoms. The zero-order valence-electron chi connectivity index (χ0n) is 10.7. The Hall–Kier alpha value is -0.850. The van der Waals surface area contributed by atoms with Crippen LogP contribution >= 0.6 is 31.9 Å². The lowest BCUT2D eigenvalue weighted by molar-refractivity contribution is 0.284. The zero-order valence-corrected chi connectivity index (χ0v) is 13.8. The first-order valence-corrected chi connectivity index (χ1v) is 7.36. The highest BCUT2D eigenvalue weighted by Gasteiger charge is 2.10. The second-order valence-electron chi connectivity index (χ2n) is 4.14. The fraction of sp³-hybridized carbons (Fsp3) is 0.308. The predicted octanol–water partition coefficient (Wildman–Crippen LogP) is 3.81. The van der Waals surface area contributed by atoms with Gasteiger partial charge in [0.25, 0.3) is 0 Å². The Morgan fingerprint density at radius 3 is 2.47 bits per heavy atom. The quantitative estimate of drug-likeness (QED) is 0.844. The molecule has 1 aromatic heterocycles. The highest BCUT2D eigenvalue weighted by Crippen LogP contribution is 2.35. The number of benzene rings is 1. The van der Waals surface area contributed by atoms with Crippen LogP contribution in [0.15, 0.2) is 31.7 Å². The molecule has 2 aromatic rings. The summed E-state index contributed by atoms with van der Waals surface area (Å²) in [5.41, 5.74) is 1.95. The van der Waals surface area contributed by atoms with E-state index in [1.807, 2.05) is 32.2 Å². The summed E-state index contributed by atoms with van der Waals surface area (Å²) in [6.45, 7) is 3.04. The van der Waals surface area contributed by atoms with Gasteiger partial charge in [-0.25, -0.2) is 0 Å². The van der Waals surface area contributed by atoms with E-state index in [-0.39, 0.29) is 0 Å². The molecule has 1 N–H and O–H groups in total. The minimum absolute atomic E-state index is 0.375. The normalized spacial score (nSPS) is 10.7. The summed E-state index contributed by atoms with van der Waals surface area (Å²) >= 11 is 7.04. The van der Waals surface area contributed by atoms with Crippen LogP contribution in [0.25, 0.3) is 0 Å². The Morgan fingerprint density at radius 2 is 1.95 bits per heavy atom. The highest BCUT2D eigenvalue weighted by atomic mass is 79.9. The van der Waals surface area contributed by atoms with Gasteiger partial charge in [-0.1, -0.05) is 5.16 Å².